The third kappa shape index (κ3) is 4.64. The summed E-state index contributed by atoms with van der Waals surface area (Å²) in [6.45, 7) is 2.62. The smallest absolute Gasteiger partial charge is 0.328 e. The van der Waals surface area contributed by atoms with Gasteiger partial charge < -0.3 is 19.1 Å². The van der Waals surface area contributed by atoms with Crippen molar-refractivity contribution >= 4 is 17.3 Å². The molecule has 0 aliphatic rings. The molecular formula is C21H22ClN3O3. The molecule has 1 heterocycles. The Balaban J connectivity index is 1.90. The summed E-state index contributed by atoms with van der Waals surface area (Å²) in [4.78, 5) is 10.6. The molecule has 28 heavy (non-hydrogen) atoms. The molecule has 0 amide bonds. The number of halogens is 1. The molecule has 0 aliphatic carbocycles. The third-order valence-corrected chi connectivity index (χ3v) is 4.55. The van der Waals surface area contributed by atoms with E-state index in [-0.39, 0.29) is 6.01 Å². The fourth-order valence-electron chi connectivity index (χ4n) is 2.72. The van der Waals surface area contributed by atoms with Crippen molar-refractivity contribution in [3.05, 3.63) is 64.7 Å². The summed E-state index contributed by atoms with van der Waals surface area (Å²) in [5.74, 6) is 1.27. The van der Waals surface area contributed by atoms with Crippen LogP contribution < -0.4 is 19.1 Å². The Hall–Kier alpha value is -2.99. The maximum atomic E-state index is 6.48. The van der Waals surface area contributed by atoms with Gasteiger partial charge in [0.2, 0.25) is 11.8 Å². The first-order chi connectivity index (χ1) is 13.5. The van der Waals surface area contributed by atoms with Crippen LogP contribution in [0.25, 0.3) is 0 Å². The van der Waals surface area contributed by atoms with E-state index in [1.54, 1.807) is 6.07 Å². The van der Waals surface area contributed by atoms with Crippen molar-refractivity contribution < 1.29 is 14.2 Å². The maximum absolute atomic E-state index is 6.48. The standard InChI is InChI=1S/C21H22ClN3O3/c1-14-7-5-8-15(11-14)25(2)13-16-17(22)9-6-10-18(16)28-21-23-19(26-3)12-20(24-21)27-4/h5-12H,13H2,1-4H3. The molecule has 7 heteroatoms. The van der Waals surface area contributed by atoms with Crippen LogP contribution in [-0.4, -0.2) is 31.2 Å². The summed E-state index contributed by atoms with van der Waals surface area (Å²) in [5.41, 5.74) is 3.11. The third-order valence-electron chi connectivity index (χ3n) is 4.19. The van der Waals surface area contributed by atoms with E-state index in [9.17, 15) is 0 Å². The second kappa shape index (κ2) is 8.80. The summed E-state index contributed by atoms with van der Waals surface area (Å²) in [6, 6.07) is 15.5. The highest BCUT2D eigenvalue weighted by Crippen LogP contribution is 2.32. The minimum absolute atomic E-state index is 0.123. The Morgan fingerprint density at radius 2 is 1.64 bits per heavy atom. The monoisotopic (exact) mass is 399 g/mol. The van der Waals surface area contributed by atoms with Gasteiger partial charge in [-0.1, -0.05) is 29.8 Å². The molecule has 0 aliphatic heterocycles. The zero-order chi connectivity index (χ0) is 20.1. The highest BCUT2D eigenvalue weighted by atomic mass is 35.5. The van der Waals surface area contributed by atoms with Gasteiger partial charge in [-0.15, -0.1) is 0 Å². The average Bonchev–Trinajstić information content (AvgIpc) is 2.70. The fourth-order valence-corrected chi connectivity index (χ4v) is 2.94. The minimum Gasteiger partial charge on any atom is -0.481 e. The van der Waals surface area contributed by atoms with E-state index in [4.69, 9.17) is 25.8 Å². The second-order valence-electron chi connectivity index (χ2n) is 6.25. The first kappa shape index (κ1) is 19.8. The van der Waals surface area contributed by atoms with E-state index in [1.165, 1.54) is 19.8 Å². The Kier molecular flexibility index (Phi) is 6.21. The van der Waals surface area contributed by atoms with E-state index in [2.05, 4.69) is 40.0 Å². The second-order valence-corrected chi connectivity index (χ2v) is 6.66. The van der Waals surface area contributed by atoms with Crippen molar-refractivity contribution in [3.8, 4) is 23.5 Å². The average molecular weight is 400 g/mol. The zero-order valence-electron chi connectivity index (χ0n) is 16.3. The topological polar surface area (TPSA) is 56.7 Å². The molecule has 2 aromatic carbocycles. The van der Waals surface area contributed by atoms with Gasteiger partial charge >= 0.3 is 6.01 Å². The van der Waals surface area contributed by atoms with Crippen molar-refractivity contribution in [2.75, 3.05) is 26.2 Å². The van der Waals surface area contributed by atoms with Gasteiger partial charge in [0.1, 0.15) is 5.75 Å². The quantitative estimate of drug-likeness (QED) is 0.564. The molecule has 0 bridgehead atoms. The first-order valence-corrected chi connectivity index (χ1v) is 9.08. The summed E-state index contributed by atoms with van der Waals surface area (Å²) >= 11 is 6.48. The number of ether oxygens (including phenoxy) is 3. The summed E-state index contributed by atoms with van der Waals surface area (Å²) in [6.07, 6.45) is 0. The van der Waals surface area contributed by atoms with Gasteiger partial charge in [-0.05, 0) is 36.8 Å². The number of nitrogens with zero attached hydrogens (tertiary/aromatic N) is 3. The van der Waals surface area contributed by atoms with Gasteiger partial charge in [0.15, 0.2) is 0 Å². The predicted octanol–water partition coefficient (Wildman–Crippen LogP) is 4.88. The number of hydrogen-bond donors (Lipinski definition) is 0. The van der Waals surface area contributed by atoms with Crippen LogP contribution in [0, 0.1) is 6.92 Å². The molecule has 146 valence electrons. The maximum Gasteiger partial charge on any atom is 0.328 e. The molecule has 0 atom stereocenters. The molecule has 1 aromatic heterocycles. The van der Waals surface area contributed by atoms with Crippen molar-refractivity contribution in [3.63, 3.8) is 0 Å². The largest absolute Gasteiger partial charge is 0.481 e. The minimum atomic E-state index is 0.123. The summed E-state index contributed by atoms with van der Waals surface area (Å²) in [5, 5.41) is 0.604. The molecular weight excluding hydrogens is 378 g/mol. The lowest BCUT2D eigenvalue weighted by molar-refractivity contribution is 0.347. The molecule has 0 N–H and O–H groups in total. The summed E-state index contributed by atoms with van der Waals surface area (Å²) in [7, 11) is 5.05. The van der Waals surface area contributed by atoms with Crippen LogP contribution in [0.2, 0.25) is 5.02 Å². The lowest BCUT2D eigenvalue weighted by Crippen LogP contribution is -2.17. The normalized spacial score (nSPS) is 10.5. The molecule has 6 nitrogen and oxygen atoms in total. The Morgan fingerprint density at radius 3 is 2.29 bits per heavy atom. The molecule has 0 radical (unpaired) electrons. The molecule has 3 rings (SSSR count). The zero-order valence-corrected chi connectivity index (χ0v) is 17.0. The van der Waals surface area contributed by atoms with Crippen LogP contribution in [0.15, 0.2) is 48.5 Å². The lowest BCUT2D eigenvalue weighted by Gasteiger charge is -2.22. The molecule has 0 fully saturated rings. The number of methoxy groups -OCH3 is 2. The Bertz CT molecular complexity index is 943. The molecule has 0 saturated carbocycles. The van der Waals surface area contributed by atoms with E-state index >= 15 is 0 Å². The van der Waals surface area contributed by atoms with Gasteiger partial charge in [0.05, 0.1) is 20.3 Å². The number of anilines is 1. The highest BCUT2D eigenvalue weighted by Gasteiger charge is 2.15. The van der Waals surface area contributed by atoms with Gasteiger partial charge in [-0.2, -0.15) is 9.97 Å². The molecule has 0 unspecified atom stereocenters. The van der Waals surface area contributed by atoms with Crippen molar-refractivity contribution in [2.45, 2.75) is 13.5 Å². The molecule has 0 spiro atoms. The van der Waals surface area contributed by atoms with Crippen molar-refractivity contribution in [1.82, 2.24) is 9.97 Å². The first-order valence-electron chi connectivity index (χ1n) is 8.70. The molecule has 3 aromatic rings. The number of rotatable bonds is 7. The van der Waals surface area contributed by atoms with Gasteiger partial charge in [-0.25, -0.2) is 0 Å². The van der Waals surface area contributed by atoms with Crippen molar-refractivity contribution in [1.29, 1.82) is 0 Å². The number of benzene rings is 2. The number of aryl methyl sites for hydroxylation is 1. The highest BCUT2D eigenvalue weighted by molar-refractivity contribution is 6.31. The Morgan fingerprint density at radius 1 is 0.964 bits per heavy atom. The van der Waals surface area contributed by atoms with E-state index in [0.29, 0.717) is 29.1 Å². The van der Waals surface area contributed by atoms with Crippen LogP contribution in [0.5, 0.6) is 23.5 Å². The van der Waals surface area contributed by atoms with Gasteiger partial charge in [0, 0.05) is 29.9 Å². The van der Waals surface area contributed by atoms with Crippen LogP contribution in [0.4, 0.5) is 5.69 Å². The van der Waals surface area contributed by atoms with Crippen molar-refractivity contribution in [2.24, 2.45) is 0 Å². The van der Waals surface area contributed by atoms with Crippen LogP contribution >= 0.6 is 11.6 Å². The summed E-state index contributed by atoms with van der Waals surface area (Å²) < 4.78 is 16.3. The SMILES string of the molecule is COc1cc(OC)nc(Oc2cccc(Cl)c2CN(C)c2cccc(C)c2)n1. The molecule has 0 saturated heterocycles. The predicted molar refractivity (Wildman–Crippen MR) is 110 cm³/mol. The number of hydrogen-bond acceptors (Lipinski definition) is 6. The lowest BCUT2D eigenvalue weighted by atomic mass is 10.1. The Labute approximate surface area is 169 Å². The van der Waals surface area contributed by atoms with Gasteiger partial charge in [-0.3, -0.25) is 0 Å². The van der Waals surface area contributed by atoms with Gasteiger partial charge in [0.25, 0.3) is 0 Å². The van der Waals surface area contributed by atoms with E-state index in [0.717, 1.165) is 11.3 Å². The number of aromatic nitrogens is 2. The van der Waals surface area contributed by atoms with Crippen LogP contribution in [0.1, 0.15) is 11.1 Å². The van der Waals surface area contributed by atoms with E-state index in [1.807, 2.05) is 31.3 Å². The van der Waals surface area contributed by atoms with Crippen LogP contribution in [0.3, 0.4) is 0 Å². The van der Waals surface area contributed by atoms with E-state index < -0.39 is 0 Å². The fraction of sp³-hybridized carbons (Fsp3) is 0.238. The van der Waals surface area contributed by atoms with Crippen LogP contribution in [-0.2, 0) is 6.54 Å².